The highest BCUT2D eigenvalue weighted by Crippen LogP contribution is 2.21. The molecule has 0 spiro atoms. The molecule has 2 saturated heterocycles. The summed E-state index contributed by atoms with van der Waals surface area (Å²) in [5.74, 6) is -2.80. The van der Waals surface area contributed by atoms with Crippen LogP contribution >= 0.6 is 0 Å². The fourth-order valence-electron chi connectivity index (χ4n) is 6.01. The summed E-state index contributed by atoms with van der Waals surface area (Å²) in [6.45, 7) is 3.78. The monoisotopic (exact) mass is 618 g/mol. The minimum absolute atomic E-state index is 0.149. The smallest absolute Gasteiger partial charge is 0.245 e. The molecule has 0 radical (unpaired) electrons. The number of hydrogen-bond donors (Lipinski definition) is 4. The highest BCUT2D eigenvalue weighted by Gasteiger charge is 2.39. The van der Waals surface area contributed by atoms with E-state index in [1.165, 1.54) is 16.7 Å². The molecule has 5 N–H and O–H groups in total. The molecule has 4 rings (SSSR count). The molecule has 2 aliphatic heterocycles. The first-order chi connectivity index (χ1) is 21.5. The Morgan fingerprint density at radius 3 is 1.76 bits per heavy atom. The lowest BCUT2D eigenvalue weighted by atomic mass is 10.0. The van der Waals surface area contributed by atoms with Gasteiger partial charge in [0.15, 0.2) is 0 Å². The maximum absolute atomic E-state index is 13.6. The Morgan fingerprint density at radius 2 is 1.22 bits per heavy atom. The molecule has 0 saturated carbocycles. The molecular weight excluding hydrogens is 576 g/mol. The van der Waals surface area contributed by atoms with Crippen LogP contribution in [0.25, 0.3) is 0 Å². The van der Waals surface area contributed by atoms with E-state index in [0.29, 0.717) is 38.8 Å². The standard InChI is InChI=1S/C33H42N6O6/c1-21(35-31(43)27-15-9-17-38(27)22(2)40)33(45)39-18-10-16-28(39)32(44)37-26(20-24-13-7-4-8-14-24)30(42)36-25(29(34)41)19-23-11-5-3-6-12-23/h3-8,11-14,21,25-28H,9-10,15-20H2,1-2H3,(H2,34,41)(H,35,43)(H,36,42)(H,37,44)/t21-,25-,26-,27-,28-/m0/s1. The van der Waals surface area contributed by atoms with Crippen molar-refractivity contribution >= 4 is 35.4 Å². The van der Waals surface area contributed by atoms with Crippen molar-refractivity contribution in [2.45, 2.75) is 82.6 Å². The van der Waals surface area contributed by atoms with Crippen LogP contribution < -0.4 is 21.7 Å². The van der Waals surface area contributed by atoms with Crippen LogP contribution in [0.15, 0.2) is 60.7 Å². The van der Waals surface area contributed by atoms with E-state index in [-0.39, 0.29) is 18.7 Å². The van der Waals surface area contributed by atoms with Crippen molar-refractivity contribution in [3.63, 3.8) is 0 Å². The number of primary amides is 1. The third kappa shape index (κ3) is 8.68. The fourth-order valence-corrected chi connectivity index (χ4v) is 6.01. The Hall–Kier alpha value is -4.74. The predicted molar refractivity (Wildman–Crippen MR) is 166 cm³/mol. The molecule has 2 aliphatic rings. The van der Waals surface area contributed by atoms with Crippen LogP contribution in [0.1, 0.15) is 50.7 Å². The number of carbonyl (C=O) groups is 6. The van der Waals surface area contributed by atoms with Crippen molar-refractivity contribution in [3.05, 3.63) is 71.8 Å². The second-order valence-corrected chi connectivity index (χ2v) is 11.7. The molecule has 0 unspecified atom stereocenters. The lowest BCUT2D eigenvalue weighted by molar-refractivity contribution is -0.143. The molecule has 2 aromatic rings. The summed E-state index contributed by atoms with van der Waals surface area (Å²) in [4.78, 5) is 80.7. The average molecular weight is 619 g/mol. The van der Waals surface area contributed by atoms with Gasteiger partial charge in [-0.05, 0) is 43.7 Å². The first-order valence-electron chi connectivity index (χ1n) is 15.4. The highest BCUT2D eigenvalue weighted by molar-refractivity contribution is 5.96. The van der Waals surface area contributed by atoms with Crippen molar-refractivity contribution in [1.29, 1.82) is 0 Å². The summed E-state index contributed by atoms with van der Waals surface area (Å²) in [6, 6.07) is 13.8. The molecule has 12 heteroatoms. The van der Waals surface area contributed by atoms with Crippen LogP contribution in [0, 0.1) is 0 Å². The predicted octanol–water partition coefficient (Wildman–Crippen LogP) is 0.433. The van der Waals surface area contributed by atoms with E-state index in [4.69, 9.17) is 5.73 Å². The molecule has 6 amide bonds. The second-order valence-electron chi connectivity index (χ2n) is 11.7. The quantitative estimate of drug-likeness (QED) is 0.269. The zero-order valence-electron chi connectivity index (χ0n) is 25.7. The van der Waals surface area contributed by atoms with Crippen molar-refractivity contribution < 1.29 is 28.8 Å². The molecular formula is C33H42N6O6. The van der Waals surface area contributed by atoms with Gasteiger partial charge in [-0.25, -0.2) is 0 Å². The molecule has 0 aliphatic carbocycles. The number of nitrogens with two attached hydrogens (primary N) is 1. The fraction of sp³-hybridized carbons (Fsp3) is 0.455. The summed E-state index contributed by atoms with van der Waals surface area (Å²) >= 11 is 0. The van der Waals surface area contributed by atoms with Gasteiger partial charge in [0.1, 0.15) is 30.2 Å². The summed E-state index contributed by atoms with van der Waals surface area (Å²) in [5.41, 5.74) is 7.23. The highest BCUT2D eigenvalue weighted by atomic mass is 16.2. The lowest BCUT2D eigenvalue weighted by Crippen LogP contribution is -2.58. The normalized spacial score (nSPS) is 19.7. The first kappa shape index (κ1) is 33.2. The van der Waals surface area contributed by atoms with Gasteiger partial charge in [0, 0.05) is 32.9 Å². The SMILES string of the molecule is CC(=O)N1CCC[C@H]1C(=O)N[C@@H](C)C(=O)N1CCC[C@H]1C(=O)N[C@@H](Cc1ccccc1)C(=O)N[C@@H](Cc1ccccc1)C(N)=O. The van der Waals surface area contributed by atoms with Gasteiger partial charge >= 0.3 is 0 Å². The first-order valence-corrected chi connectivity index (χ1v) is 15.4. The third-order valence-electron chi connectivity index (χ3n) is 8.39. The van der Waals surface area contributed by atoms with Crippen LogP contribution in [0.2, 0.25) is 0 Å². The van der Waals surface area contributed by atoms with E-state index in [1.54, 1.807) is 6.92 Å². The minimum Gasteiger partial charge on any atom is -0.368 e. The van der Waals surface area contributed by atoms with E-state index in [9.17, 15) is 28.8 Å². The van der Waals surface area contributed by atoms with Gasteiger partial charge in [-0.15, -0.1) is 0 Å². The molecule has 2 aromatic carbocycles. The summed E-state index contributed by atoms with van der Waals surface area (Å²) < 4.78 is 0. The maximum Gasteiger partial charge on any atom is 0.245 e. The zero-order chi connectivity index (χ0) is 32.5. The third-order valence-corrected chi connectivity index (χ3v) is 8.39. The average Bonchev–Trinajstić information content (AvgIpc) is 3.72. The Bertz CT molecular complexity index is 1390. The van der Waals surface area contributed by atoms with E-state index in [2.05, 4.69) is 16.0 Å². The number of amides is 6. The molecule has 2 heterocycles. The summed E-state index contributed by atoms with van der Waals surface area (Å²) in [5, 5.41) is 8.25. The van der Waals surface area contributed by atoms with E-state index < -0.39 is 59.7 Å². The molecule has 12 nitrogen and oxygen atoms in total. The van der Waals surface area contributed by atoms with Crippen molar-refractivity contribution in [2.24, 2.45) is 5.73 Å². The van der Waals surface area contributed by atoms with Gasteiger partial charge in [0.05, 0.1) is 0 Å². The van der Waals surface area contributed by atoms with Crippen molar-refractivity contribution in [1.82, 2.24) is 25.8 Å². The van der Waals surface area contributed by atoms with Crippen LogP contribution in [-0.2, 0) is 41.6 Å². The van der Waals surface area contributed by atoms with Crippen LogP contribution in [0.4, 0.5) is 0 Å². The number of carbonyl (C=O) groups excluding carboxylic acids is 6. The Labute approximate surface area is 263 Å². The number of rotatable bonds is 12. The zero-order valence-corrected chi connectivity index (χ0v) is 25.7. The Balaban J connectivity index is 1.44. The summed E-state index contributed by atoms with van der Waals surface area (Å²) in [7, 11) is 0. The van der Waals surface area contributed by atoms with E-state index >= 15 is 0 Å². The van der Waals surface area contributed by atoms with Gasteiger partial charge in [0.25, 0.3) is 0 Å². The van der Waals surface area contributed by atoms with Crippen molar-refractivity contribution in [2.75, 3.05) is 13.1 Å². The maximum atomic E-state index is 13.6. The van der Waals surface area contributed by atoms with Crippen molar-refractivity contribution in [3.8, 4) is 0 Å². The molecule has 2 fully saturated rings. The molecule has 5 atom stereocenters. The topological polar surface area (TPSA) is 171 Å². The summed E-state index contributed by atoms with van der Waals surface area (Å²) in [6.07, 6.45) is 2.52. The molecule has 240 valence electrons. The second kappa shape index (κ2) is 15.3. The van der Waals surface area contributed by atoms with Gasteiger partial charge in [0.2, 0.25) is 35.4 Å². The lowest BCUT2D eigenvalue weighted by Gasteiger charge is -2.30. The number of likely N-dealkylation sites (tertiary alicyclic amines) is 2. The molecule has 0 bridgehead atoms. The van der Waals surface area contributed by atoms with Crippen LogP contribution in [0.3, 0.4) is 0 Å². The van der Waals surface area contributed by atoms with Gasteiger partial charge in [-0.2, -0.15) is 0 Å². The van der Waals surface area contributed by atoms with Gasteiger partial charge in [-0.1, -0.05) is 60.7 Å². The van der Waals surface area contributed by atoms with Gasteiger partial charge in [-0.3, -0.25) is 28.8 Å². The van der Waals surface area contributed by atoms with Gasteiger partial charge < -0.3 is 31.5 Å². The number of benzene rings is 2. The Morgan fingerprint density at radius 1 is 0.733 bits per heavy atom. The number of nitrogens with zero attached hydrogens (tertiary/aromatic N) is 2. The number of hydrogen-bond acceptors (Lipinski definition) is 6. The van der Waals surface area contributed by atoms with Crippen LogP contribution in [-0.4, -0.2) is 88.5 Å². The Kier molecular flexibility index (Phi) is 11.3. The molecule has 45 heavy (non-hydrogen) atoms. The largest absolute Gasteiger partial charge is 0.368 e. The number of nitrogens with one attached hydrogen (secondary N) is 3. The van der Waals surface area contributed by atoms with E-state index in [1.807, 2.05) is 60.7 Å². The molecule has 0 aromatic heterocycles. The van der Waals surface area contributed by atoms with Crippen LogP contribution in [0.5, 0.6) is 0 Å². The van der Waals surface area contributed by atoms with E-state index in [0.717, 1.165) is 11.1 Å². The minimum atomic E-state index is -1.05.